The maximum atomic E-state index is 12.0. The standard InChI is InChI=1S/C12H7Cl2F2NO2S/c13-9-5-8(10(14)20-9)11(18)17-6-1-3-7(4-2-6)19-12(15)16/h1-5,12H,(H,17,18). The fraction of sp³-hybridized carbons (Fsp3) is 0.0833. The van der Waals surface area contributed by atoms with Gasteiger partial charge in [-0.05, 0) is 30.3 Å². The zero-order chi connectivity index (χ0) is 14.7. The van der Waals surface area contributed by atoms with Crippen LogP contribution >= 0.6 is 34.5 Å². The molecule has 20 heavy (non-hydrogen) atoms. The lowest BCUT2D eigenvalue weighted by molar-refractivity contribution is -0.0498. The van der Waals surface area contributed by atoms with Crippen molar-refractivity contribution in [2.24, 2.45) is 0 Å². The van der Waals surface area contributed by atoms with E-state index in [0.717, 1.165) is 11.3 Å². The summed E-state index contributed by atoms with van der Waals surface area (Å²) in [5.41, 5.74) is 0.685. The first-order valence-corrected chi connectivity index (χ1v) is 6.84. The fourth-order valence-corrected chi connectivity index (χ4v) is 2.87. The van der Waals surface area contributed by atoms with E-state index >= 15 is 0 Å². The van der Waals surface area contributed by atoms with E-state index < -0.39 is 12.5 Å². The van der Waals surface area contributed by atoms with Crippen LogP contribution in [0.4, 0.5) is 14.5 Å². The van der Waals surface area contributed by atoms with Crippen LogP contribution < -0.4 is 10.1 Å². The average molecular weight is 338 g/mol. The van der Waals surface area contributed by atoms with Gasteiger partial charge in [0.25, 0.3) is 5.91 Å². The number of hydrogen-bond donors (Lipinski definition) is 1. The van der Waals surface area contributed by atoms with Gasteiger partial charge in [0.05, 0.1) is 9.90 Å². The largest absolute Gasteiger partial charge is 0.435 e. The number of alkyl halides is 2. The number of carbonyl (C=O) groups is 1. The van der Waals surface area contributed by atoms with Crippen molar-refractivity contribution >= 4 is 46.1 Å². The Morgan fingerprint density at radius 2 is 1.90 bits per heavy atom. The van der Waals surface area contributed by atoms with E-state index in [0.29, 0.717) is 10.0 Å². The highest BCUT2D eigenvalue weighted by atomic mass is 35.5. The molecule has 1 N–H and O–H groups in total. The van der Waals surface area contributed by atoms with Crippen molar-refractivity contribution < 1.29 is 18.3 Å². The molecule has 8 heteroatoms. The van der Waals surface area contributed by atoms with Crippen LogP contribution in [0.15, 0.2) is 30.3 Å². The predicted molar refractivity (Wildman–Crippen MR) is 75.4 cm³/mol. The molecule has 1 amide bonds. The highest BCUT2D eigenvalue weighted by Crippen LogP contribution is 2.31. The van der Waals surface area contributed by atoms with Crippen molar-refractivity contribution in [2.75, 3.05) is 5.32 Å². The molecule has 0 spiro atoms. The smallest absolute Gasteiger partial charge is 0.387 e. The zero-order valence-electron chi connectivity index (χ0n) is 9.70. The van der Waals surface area contributed by atoms with Crippen molar-refractivity contribution in [3.63, 3.8) is 0 Å². The molecule has 0 aliphatic rings. The van der Waals surface area contributed by atoms with Crippen molar-refractivity contribution in [2.45, 2.75) is 6.61 Å². The van der Waals surface area contributed by atoms with Gasteiger partial charge in [-0.1, -0.05) is 23.2 Å². The van der Waals surface area contributed by atoms with Crippen LogP contribution in [0.25, 0.3) is 0 Å². The molecular formula is C12H7Cl2F2NO2S. The maximum Gasteiger partial charge on any atom is 0.387 e. The molecule has 2 rings (SSSR count). The monoisotopic (exact) mass is 337 g/mol. The molecule has 0 unspecified atom stereocenters. The minimum Gasteiger partial charge on any atom is -0.435 e. The van der Waals surface area contributed by atoms with Crippen molar-refractivity contribution in [1.82, 2.24) is 0 Å². The summed E-state index contributed by atoms with van der Waals surface area (Å²) in [6.45, 7) is -2.89. The summed E-state index contributed by atoms with van der Waals surface area (Å²) in [4.78, 5) is 11.9. The summed E-state index contributed by atoms with van der Waals surface area (Å²) in [7, 11) is 0. The number of ether oxygens (including phenoxy) is 1. The number of nitrogens with one attached hydrogen (secondary N) is 1. The predicted octanol–water partition coefficient (Wildman–Crippen LogP) is 4.91. The minimum atomic E-state index is -2.89. The molecule has 3 nitrogen and oxygen atoms in total. The van der Waals surface area contributed by atoms with Crippen LogP contribution in [-0.4, -0.2) is 12.5 Å². The lowest BCUT2D eigenvalue weighted by atomic mass is 10.2. The topological polar surface area (TPSA) is 38.3 Å². The van der Waals surface area contributed by atoms with E-state index in [2.05, 4.69) is 10.1 Å². The van der Waals surface area contributed by atoms with Gasteiger partial charge in [0.1, 0.15) is 10.1 Å². The van der Waals surface area contributed by atoms with E-state index in [-0.39, 0.29) is 15.6 Å². The summed E-state index contributed by atoms with van der Waals surface area (Å²) in [6, 6.07) is 6.99. The van der Waals surface area contributed by atoms with Gasteiger partial charge in [0, 0.05) is 5.69 Å². The molecule has 1 aromatic carbocycles. The maximum absolute atomic E-state index is 12.0. The third kappa shape index (κ3) is 3.82. The second-order valence-electron chi connectivity index (χ2n) is 3.59. The summed E-state index contributed by atoms with van der Waals surface area (Å²) in [5, 5.41) is 2.57. The molecule has 0 atom stereocenters. The van der Waals surface area contributed by atoms with E-state index in [1.807, 2.05) is 0 Å². The third-order valence-corrected chi connectivity index (χ3v) is 3.73. The van der Waals surface area contributed by atoms with Crippen molar-refractivity contribution in [1.29, 1.82) is 0 Å². The van der Waals surface area contributed by atoms with E-state index in [9.17, 15) is 13.6 Å². The molecule has 0 aliphatic heterocycles. The molecule has 1 heterocycles. The molecule has 0 fully saturated rings. The highest BCUT2D eigenvalue weighted by molar-refractivity contribution is 7.20. The molecule has 106 valence electrons. The number of rotatable bonds is 4. The van der Waals surface area contributed by atoms with Crippen LogP contribution in [0.2, 0.25) is 8.67 Å². The highest BCUT2D eigenvalue weighted by Gasteiger charge is 2.14. The minimum absolute atomic E-state index is 0.00890. The first-order chi connectivity index (χ1) is 9.45. The average Bonchev–Trinajstić information content (AvgIpc) is 2.70. The summed E-state index contributed by atoms with van der Waals surface area (Å²) < 4.78 is 28.8. The molecule has 2 aromatic rings. The first-order valence-electron chi connectivity index (χ1n) is 5.27. The van der Waals surface area contributed by atoms with Crippen LogP contribution in [-0.2, 0) is 0 Å². The van der Waals surface area contributed by atoms with Crippen LogP contribution in [0.5, 0.6) is 5.75 Å². The van der Waals surface area contributed by atoms with Gasteiger partial charge in [-0.3, -0.25) is 4.79 Å². The van der Waals surface area contributed by atoms with Crippen molar-refractivity contribution in [3.8, 4) is 5.75 Å². The van der Waals surface area contributed by atoms with Gasteiger partial charge in [-0.2, -0.15) is 8.78 Å². The van der Waals surface area contributed by atoms with Gasteiger partial charge >= 0.3 is 6.61 Å². The Morgan fingerprint density at radius 3 is 2.40 bits per heavy atom. The molecule has 0 saturated heterocycles. The number of amides is 1. The van der Waals surface area contributed by atoms with Crippen LogP contribution in [0.1, 0.15) is 10.4 Å². The summed E-state index contributed by atoms with van der Waals surface area (Å²) in [6.07, 6.45) is 0. The number of benzene rings is 1. The van der Waals surface area contributed by atoms with Crippen LogP contribution in [0.3, 0.4) is 0 Å². The number of hydrogen-bond acceptors (Lipinski definition) is 3. The van der Waals surface area contributed by atoms with Gasteiger partial charge < -0.3 is 10.1 Å². The van der Waals surface area contributed by atoms with E-state index in [4.69, 9.17) is 23.2 Å². The van der Waals surface area contributed by atoms with Gasteiger partial charge in [0.2, 0.25) is 0 Å². The summed E-state index contributed by atoms with van der Waals surface area (Å²) in [5.74, 6) is -0.421. The molecule has 0 bridgehead atoms. The third-order valence-electron chi connectivity index (χ3n) is 2.24. The Kier molecular flexibility index (Phi) is 4.80. The lowest BCUT2D eigenvalue weighted by Gasteiger charge is -2.07. The zero-order valence-corrected chi connectivity index (χ0v) is 12.0. The van der Waals surface area contributed by atoms with Gasteiger partial charge in [-0.25, -0.2) is 0 Å². The second kappa shape index (κ2) is 6.39. The van der Waals surface area contributed by atoms with Gasteiger partial charge in [-0.15, -0.1) is 11.3 Å². The van der Waals surface area contributed by atoms with E-state index in [1.165, 1.54) is 30.3 Å². The lowest BCUT2D eigenvalue weighted by Crippen LogP contribution is -2.11. The number of carbonyl (C=O) groups excluding carboxylic acids is 1. The molecule has 1 aromatic heterocycles. The molecule has 0 aliphatic carbocycles. The number of thiophene rings is 1. The molecular weight excluding hydrogens is 331 g/mol. The Morgan fingerprint density at radius 1 is 1.25 bits per heavy atom. The first kappa shape index (κ1) is 15.0. The quantitative estimate of drug-likeness (QED) is 0.860. The van der Waals surface area contributed by atoms with Crippen LogP contribution in [0, 0.1) is 0 Å². The Hall–Kier alpha value is -1.37. The number of halogens is 4. The van der Waals surface area contributed by atoms with Gasteiger partial charge in [0.15, 0.2) is 0 Å². The van der Waals surface area contributed by atoms with Crippen molar-refractivity contribution in [3.05, 3.63) is 44.6 Å². The van der Waals surface area contributed by atoms with E-state index in [1.54, 1.807) is 0 Å². The normalized spacial score (nSPS) is 10.7. The Bertz CT molecular complexity index is 616. The summed E-state index contributed by atoms with van der Waals surface area (Å²) >= 11 is 12.7. The second-order valence-corrected chi connectivity index (χ2v) is 5.88. The molecule has 0 saturated carbocycles. The Balaban J connectivity index is 2.06. The fourth-order valence-electron chi connectivity index (χ4n) is 1.41. The Labute approximate surface area is 127 Å². The SMILES string of the molecule is O=C(Nc1ccc(OC(F)F)cc1)c1cc(Cl)sc1Cl. The molecule has 0 radical (unpaired) electrons. The number of anilines is 1.